The number of urea groups is 1. The van der Waals surface area contributed by atoms with Crippen molar-refractivity contribution in [3.63, 3.8) is 0 Å². The molecule has 4 nitrogen and oxygen atoms in total. The zero-order valence-electron chi connectivity index (χ0n) is 14.6. The quantitative estimate of drug-likeness (QED) is 0.872. The molecule has 24 heavy (non-hydrogen) atoms. The second-order valence-electron chi connectivity index (χ2n) is 6.89. The summed E-state index contributed by atoms with van der Waals surface area (Å²) in [6.45, 7) is 7.16. The number of anilines is 1. The van der Waals surface area contributed by atoms with Gasteiger partial charge in [-0.25, -0.2) is 4.79 Å². The van der Waals surface area contributed by atoms with Gasteiger partial charge in [0.05, 0.1) is 6.61 Å². The summed E-state index contributed by atoms with van der Waals surface area (Å²) in [4.78, 5) is 14.1. The summed E-state index contributed by atoms with van der Waals surface area (Å²) in [7, 11) is 0. The molecule has 0 saturated heterocycles. The molecule has 128 valence electrons. The molecular formula is C20H26N2O2. The largest absolute Gasteiger partial charge is 0.395 e. The fourth-order valence-corrected chi connectivity index (χ4v) is 2.43. The first-order valence-electron chi connectivity index (χ1n) is 8.21. The molecule has 0 atom stereocenters. The first kappa shape index (κ1) is 18.0. The van der Waals surface area contributed by atoms with Gasteiger partial charge in [-0.05, 0) is 28.7 Å². The number of amides is 2. The normalized spacial score (nSPS) is 11.2. The third-order valence-electron chi connectivity index (χ3n) is 3.88. The molecule has 0 aliphatic heterocycles. The molecule has 0 fully saturated rings. The third kappa shape index (κ3) is 5.10. The Hall–Kier alpha value is -2.33. The van der Waals surface area contributed by atoms with E-state index in [-0.39, 0.29) is 18.1 Å². The highest BCUT2D eigenvalue weighted by Gasteiger charge is 2.15. The van der Waals surface area contributed by atoms with E-state index in [0.29, 0.717) is 13.1 Å². The molecule has 2 rings (SSSR count). The SMILES string of the molecule is CC(C)(C)c1ccc(NC(=O)N(CCO)Cc2ccccc2)cc1. The van der Waals surface area contributed by atoms with E-state index in [1.807, 2.05) is 54.6 Å². The number of rotatable bonds is 5. The minimum Gasteiger partial charge on any atom is -0.395 e. The molecule has 0 aliphatic carbocycles. The van der Waals surface area contributed by atoms with Crippen LogP contribution in [-0.2, 0) is 12.0 Å². The summed E-state index contributed by atoms with van der Waals surface area (Å²) in [6.07, 6.45) is 0. The second-order valence-corrected chi connectivity index (χ2v) is 6.89. The molecule has 4 heteroatoms. The monoisotopic (exact) mass is 326 g/mol. The molecule has 0 unspecified atom stereocenters. The van der Waals surface area contributed by atoms with E-state index < -0.39 is 0 Å². The van der Waals surface area contributed by atoms with E-state index >= 15 is 0 Å². The van der Waals surface area contributed by atoms with E-state index in [1.165, 1.54) is 5.56 Å². The molecule has 0 heterocycles. The number of benzene rings is 2. The molecule has 0 aliphatic rings. The van der Waals surface area contributed by atoms with E-state index in [4.69, 9.17) is 0 Å². The zero-order valence-corrected chi connectivity index (χ0v) is 14.6. The number of carbonyl (C=O) groups excluding carboxylic acids is 1. The molecule has 2 aromatic rings. The van der Waals surface area contributed by atoms with Crippen LogP contribution in [0.5, 0.6) is 0 Å². The van der Waals surface area contributed by atoms with Gasteiger partial charge in [0, 0.05) is 18.8 Å². The van der Waals surface area contributed by atoms with Crippen molar-refractivity contribution < 1.29 is 9.90 Å². The Morgan fingerprint density at radius 3 is 2.21 bits per heavy atom. The Bertz CT molecular complexity index is 646. The Morgan fingerprint density at radius 1 is 1.04 bits per heavy atom. The summed E-state index contributed by atoms with van der Waals surface area (Å²) >= 11 is 0. The van der Waals surface area contributed by atoms with Crippen molar-refractivity contribution in [1.82, 2.24) is 4.90 Å². The Kier molecular flexibility index (Phi) is 5.99. The van der Waals surface area contributed by atoms with Gasteiger partial charge in [-0.3, -0.25) is 0 Å². The smallest absolute Gasteiger partial charge is 0.322 e. The fourth-order valence-electron chi connectivity index (χ4n) is 2.43. The van der Waals surface area contributed by atoms with E-state index in [2.05, 4.69) is 26.1 Å². The first-order chi connectivity index (χ1) is 11.4. The van der Waals surface area contributed by atoms with Gasteiger partial charge in [0.1, 0.15) is 0 Å². The average Bonchev–Trinajstić information content (AvgIpc) is 2.55. The number of nitrogens with zero attached hydrogens (tertiary/aromatic N) is 1. The maximum atomic E-state index is 12.5. The molecule has 0 spiro atoms. The number of hydrogen-bond donors (Lipinski definition) is 2. The molecule has 2 amide bonds. The predicted octanol–water partition coefficient (Wildman–Crippen LogP) is 4.01. The molecular weight excluding hydrogens is 300 g/mol. The van der Waals surface area contributed by atoms with Crippen molar-refractivity contribution in [1.29, 1.82) is 0 Å². The lowest BCUT2D eigenvalue weighted by molar-refractivity contribution is 0.185. The van der Waals surface area contributed by atoms with Gasteiger partial charge >= 0.3 is 6.03 Å². The number of carbonyl (C=O) groups is 1. The van der Waals surface area contributed by atoms with Gasteiger partial charge in [-0.1, -0.05) is 63.2 Å². The van der Waals surface area contributed by atoms with Crippen LogP contribution in [0.3, 0.4) is 0 Å². The molecule has 0 radical (unpaired) electrons. The summed E-state index contributed by atoms with van der Waals surface area (Å²) < 4.78 is 0. The van der Waals surface area contributed by atoms with Gasteiger partial charge in [-0.15, -0.1) is 0 Å². The first-order valence-corrected chi connectivity index (χ1v) is 8.21. The maximum Gasteiger partial charge on any atom is 0.322 e. The Labute approximate surface area is 144 Å². The number of aliphatic hydroxyl groups excluding tert-OH is 1. The highest BCUT2D eigenvalue weighted by molar-refractivity contribution is 5.89. The predicted molar refractivity (Wildman–Crippen MR) is 98.1 cm³/mol. The third-order valence-corrected chi connectivity index (χ3v) is 3.88. The average molecular weight is 326 g/mol. The highest BCUT2D eigenvalue weighted by atomic mass is 16.3. The van der Waals surface area contributed by atoms with Crippen LogP contribution in [0.15, 0.2) is 54.6 Å². The van der Waals surface area contributed by atoms with Gasteiger partial charge in [-0.2, -0.15) is 0 Å². The summed E-state index contributed by atoms with van der Waals surface area (Å²) in [5.74, 6) is 0. The lowest BCUT2D eigenvalue weighted by Crippen LogP contribution is -2.36. The molecule has 0 aromatic heterocycles. The highest BCUT2D eigenvalue weighted by Crippen LogP contribution is 2.23. The van der Waals surface area contributed by atoms with Crippen molar-refractivity contribution in [2.75, 3.05) is 18.5 Å². The standard InChI is InChI=1S/C20H26N2O2/c1-20(2,3)17-9-11-18(12-10-17)21-19(24)22(13-14-23)15-16-7-5-4-6-8-16/h4-12,23H,13-15H2,1-3H3,(H,21,24). The van der Waals surface area contributed by atoms with Crippen LogP contribution in [0, 0.1) is 0 Å². The molecule has 2 N–H and O–H groups in total. The van der Waals surface area contributed by atoms with E-state index in [1.54, 1.807) is 4.90 Å². The molecule has 0 bridgehead atoms. The van der Waals surface area contributed by atoms with Crippen molar-refractivity contribution in [2.24, 2.45) is 0 Å². The van der Waals surface area contributed by atoms with Crippen molar-refractivity contribution >= 4 is 11.7 Å². The van der Waals surface area contributed by atoms with Gasteiger partial charge in [0.25, 0.3) is 0 Å². The lowest BCUT2D eigenvalue weighted by atomic mass is 9.87. The number of nitrogens with one attached hydrogen (secondary N) is 1. The van der Waals surface area contributed by atoms with Crippen molar-refractivity contribution in [3.8, 4) is 0 Å². The van der Waals surface area contributed by atoms with E-state index in [9.17, 15) is 9.90 Å². The van der Waals surface area contributed by atoms with Crippen LogP contribution >= 0.6 is 0 Å². The lowest BCUT2D eigenvalue weighted by Gasteiger charge is -2.23. The van der Waals surface area contributed by atoms with Crippen LogP contribution < -0.4 is 5.32 Å². The van der Waals surface area contributed by atoms with Gasteiger partial charge in [0.2, 0.25) is 0 Å². The topological polar surface area (TPSA) is 52.6 Å². The Morgan fingerprint density at radius 2 is 1.67 bits per heavy atom. The molecule has 2 aromatic carbocycles. The fraction of sp³-hybridized carbons (Fsp3) is 0.350. The van der Waals surface area contributed by atoms with Crippen LogP contribution in [0.1, 0.15) is 31.9 Å². The maximum absolute atomic E-state index is 12.5. The summed E-state index contributed by atoms with van der Waals surface area (Å²) in [6, 6.07) is 17.4. The molecule has 0 saturated carbocycles. The minimum absolute atomic E-state index is 0.0663. The van der Waals surface area contributed by atoms with Crippen LogP contribution in [0.4, 0.5) is 10.5 Å². The summed E-state index contributed by atoms with van der Waals surface area (Å²) in [5.41, 5.74) is 3.09. The van der Waals surface area contributed by atoms with Gasteiger partial charge in [0.15, 0.2) is 0 Å². The van der Waals surface area contributed by atoms with Crippen LogP contribution in [0.2, 0.25) is 0 Å². The number of hydrogen-bond acceptors (Lipinski definition) is 2. The number of aliphatic hydroxyl groups is 1. The van der Waals surface area contributed by atoms with Crippen LogP contribution in [0.25, 0.3) is 0 Å². The van der Waals surface area contributed by atoms with E-state index in [0.717, 1.165) is 11.3 Å². The Balaban J connectivity index is 2.04. The second kappa shape index (κ2) is 7.97. The summed E-state index contributed by atoms with van der Waals surface area (Å²) in [5, 5.41) is 12.1. The van der Waals surface area contributed by atoms with Crippen molar-refractivity contribution in [3.05, 3.63) is 65.7 Å². The minimum atomic E-state index is -0.212. The zero-order chi connectivity index (χ0) is 17.6. The van der Waals surface area contributed by atoms with Gasteiger partial charge < -0.3 is 15.3 Å². The van der Waals surface area contributed by atoms with Crippen molar-refractivity contribution in [2.45, 2.75) is 32.7 Å². The van der Waals surface area contributed by atoms with Crippen LogP contribution in [-0.4, -0.2) is 29.2 Å².